The number of nitrogens with zero attached hydrogens (tertiary/aromatic N) is 5. The van der Waals surface area contributed by atoms with Gasteiger partial charge in [-0.1, -0.05) is 36.5 Å². The van der Waals surface area contributed by atoms with Crippen molar-refractivity contribution < 1.29 is 9.59 Å². The van der Waals surface area contributed by atoms with Gasteiger partial charge in [0.05, 0.1) is 40.7 Å². The predicted molar refractivity (Wildman–Crippen MR) is 108 cm³/mol. The van der Waals surface area contributed by atoms with E-state index < -0.39 is 0 Å². The van der Waals surface area contributed by atoms with E-state index in [9.17, 15) is 9.59 Å². The second-order valence-electron chi connectivity index (χ2n) is 6.48. The summed E-state index contributed by atoms with van der Waals surface area (Å²) >= 11 is 11.8. The highest BCUT2D eigenvalue weighted by Crippen LogP contribution is 2.24. The van der Waals surface area contributed by atoms with E-state index in [1.807, 2.05) is 6.92 Å². The molecule has 148 valence electrons. The van der Waals surface area contributed by atoms with E-state index in [0.29, 0.717) is 28.1 Å². The highest BCUT2D eigenvalue weighted by atomic mass is 35.5. The maximum absolute atomic E-state index is 12.9. The molecule has 2 aromatic heterocycles. The highest BCUT2D eigenvalue weighted by Gasteiger charge is 2.39. The molecule has 0 spiro atoms. The summed E-state index contributed by atoms with van der Waals surface area (Å²) in [6.45, 7) is 4.12. The molecule has 1 atom stereocenters. The lowest BCUT2D eigenvalue weighted by Crippen LogP contribution is -2.41. The maximum atomic E-state index is 12.9. The Balaban J connectivity index is 1.72. The van der Waals surface area contributed by atoms with Gasteiger partial charge in [-0.3, -0.25) is 9.69 Å². The van der Waals surface area contributed by atoms with Crippen molar-refractivity contribution in [2.75, 3.05) is 23.3 Å². The van der Waals surface area contributed by atoms with Crippen LogP contribution in [0.5, 0.6) is 0 Å². The number of halogens is 2. The molecule has 2 aromatic rings. The SMILES string of the molecule is CCC[C@H]1CN(c2ncc(Cl)cn2)C(=O)N1CC(=O)Nc1ccc(Cl)c(C)n1. The summed E-state index contributed by atoms with van der Waals surface area (Å²) in [5, 5.41) is 3.63. The summed E-state index contributed by atoms with van der Waals surface area (Å²) in [4.78, 5) is 40.9. The van der Waals surface area contributed by atoms with Crippen molar-refractivity contribution >= 4 is 46.9 Å². The number of rotatable bonds is 6. The molecule has 1 aliphatic rings. The van der Waals surface area contributed by atoms with Gasteiger partial charge in [0.2, 0.25) is 11.9 Å². The first kappa shape index (κ1) is 20.3. The smallest absolute Gasteiger partial charge is 0.310 e. The zero-order valence-electron chi connectivity index (χ0n) is 15.5. The van der Waals surface area contributed by atoms with Gasteiger partial charge in [-0.05, 0) is 25.5 Å². The van der Waals surface area contributed by atoms with Crippen LogP contribution in [0.4, 0.5) is 16.6 Å². The lowest BCUT2D eigenvalue weighted by Gasteiger charge is -2.22. The second-order valence-corrected chi connectivity index (χ2v) is 7.32. The fourth-order valence-electron chi connectivity index (χ4n) is 3.04. The summed E-state index contributed by atoms with van der Waals surface area (Å²) in [6, 6.07) is 2.87. The molecule has 0 aromatic carbocycles. The molecule has 28 heavy (non-hydrogen) atoms. The lowest BCUT2D eigenvalue weighted by atomic mass is 10.1. The number of amides is 3. The van der Waals surface area contributed by atoms with Crippen molar-refractivity contribution in [2.45, 2.75) is 32.7 Å². The lowest BCUT2D eigenvalue weighted by molar-refractivity contribution is -0.117. The second kappa shape index (κ2) is 8.70. The fourth-order valence-corrected chi connectivity index (χ4v) is 3.24. The summed E-state index contributed by atoms with van der Waals surface area (Å²) < 4.78 is 0. The topological polar surface area (TPSA) is 91.3 Å². The largest absolute Gasteiger partial charge is 0.327 e. The molecule has 3 heterocycles. The number of aromatic nitrogens is 3. The van der Waals surface area contributed by atoms with E-state index in [2.05, 4.69) is 20.3 Å². The number of carbonyl (C=O) groups excluding carboxylic acids is 2. The van der Waals surface area contributed by atoms with Crippen LogP contribution in [-0.4, -0.2) is 50.9 Å². The van der Waals surface area contributed by atoms with Gasteiger partial charge in [0.1, 0.15) is 12.4 Å². The molecular formula is C18H20Cl2N6O2. The van der Waals surface area contributed by atoms with E-state index in [1.165, 1.54) is 17.3 Å². The summed E-state index contributed by atoms with van der Waals surface area (Å²) in [7, 11) is 0. The molecule has 1 aliphatic heterocycles. The molecule has 0 unspecified atom stereocenters. The number of aryl methyl sites for hydroxylation is 1. The Morgan fingerprint density at radius 3 is 2.64 bits per heavy atom. The van der Waals surface area contributed by atoms with E-state index in [4.69, 9.17) is 23.2 Å². The normalized spacial score (nSPS) is 16.6. The monoisotopic (exact) mass is 422 g/mol. The summed E-state index contributed by atoms with van der Waals surface area (Å²) in [6.07, 6.45) is 4.52. The molecule has 1 fully saturated rings. The number of carbonyl (C=O) groups is 2. The minimum Gasteiger partial charge on any atom is -0.310 e. The number of hydrogen-bond acceptors (Lipinski definition) is 5. The molecule has 1 saturated heterocycles. The van der Waals surface area contributed by atoms with Crippen LogP contribution in [-0.2, 0) is 4.79 Å². The van der Waals surface area contributed by atoms with Crippen molar-refractivity contribution in [1.82, 2.24) is 19.9 Å². The quantitative estimate of drug-likeness (QED) is 0.768. The van der Waals surface area contributed by atoms with Crippen LogP contribution < -0.4 is 10.2 Å². The van der Waals surface area contributed by atoms with Crippen molar-refractivity contribution in [3.8, 4) is 0 Å². The van der Waals surface area contributed by atoms with Gasteiger partial charge >= 0.3 is 6.03 Å². The summed E-state index contributed by atoms with van der Waals surface area (Å²) in [5.74, 6) is 0.333. The number of hydrogen-bond donors (Lipinski definition) is 1. The van der Waals surface area contributed by atoms with E-state index in [1.54, 1.807) is 24.0 Å². The average Bonchev–Trinajstić information content (AvgIpc) is 2.95. The van der Waals surface area contributed by atoms with Crippen molar-refractivity contribution in [2.24, 2.45) is 0 Å². The average molecular weight is 423 g/mol. The molecule has 0 saturated carbocycles. The first-order chi connectivity index (χ1) is 13.4. The third-order valence-corrected chi connectivity index (χ3v) is 4.98. The van der Waals surface area contributed by atoms with Crippen LogP contribution in [0.2, 0.25) is 10.0 Å². The Kier molecular flexibility index (Phi) is 6.31. The van der Waals surface area contributed by atoms with Gasteiger partial charge in [0.25, 0.3) is 0 Å². The fraction of sp³-hybridized carbons (Fsp3) is 0.389. The zero-order valence-corrected chi connectivity index (χ0v) is 17.0. The molecule has 0 bridgehead atoms. The number of pyridine rings is 1. The standard InChI is InChI=1S/C18H20Cl2N6O2/c1-3-4-13-9-26(17-21-7-12(19)8-22-17)18(28)25(13)10-16(27)24-15-6-5-14(20)11(2)23-15/h5-8,13H,3-4,9-10H2,1-2H3,(H,23,24,27)/t13-/m0/s1. The number of nitrogens with one attached hydrogen (secondary N) is 1. The van der Waals surface area contributed by atoms with Gasteiger partial charge in [0.15, 0.2) is 0 Å². The van der Waals surface area contributed by atoms with Gasteiger partial charge in [-0.25, -0.2) is 19.7 Å². The molecular weight excluding hydrogens is 403 g/mol. The van der Waals surface area contributed by atoms with Crippen LogP contribution in [0, 0.1) is 6.92 Å². The van der Waals surface area contributed by atoms with Crippen molar-refractivity contribution in [1.29, 1.82) is 0 Å². The molecule has 0 aliphatic carbocycles. The minimum absolute atomic E-state index is 0.0864. The van der Waals surface area contributed by atoms with Crippen LogP contribution in [0.1, 0.15) is 25.5 Å². The molecule has 3 amide bonds. The summed E-state index contributed by atoms with van der Waals surface area (Å²) in [5.41, 5.74) is 0.617. The highest BCUT2D eigenvalue weighted by molar-refractivity contribution is 6.31. The third kappa shape index (κ3) is 4.51. The molecule has 8 nitrogen and oxygen atoms in total. The molecule has 3 rings (SSSR count). The number of urea groups is 1. The van der Waals surface area contributed by atoms with E-state index in [0.717, 1.165) is 12.8 Å². The van der Waals surface area contributed by atoms with Crippen LogP contribution >= 0.6 is 23.2 Å². The van der Waals surface area contributed by atoms with Crippen LogP contribution in [0.15, 0.2) is 24.5 Å². The van der Waals surface area contributed by atoms with Crippen molar-refractivity contribution in [3.63, 3.8) is 0 Å². The van der Waals surface area contributed by atoms with Crippen LogP contribution in [0.3, 0.4) is 0 Å². The number of anilines is 2. The Morgan fingerprint density at radius 2 is 2.00 bits per heavy atom. The zero-order chi connectivity index (χ0) is 20.3. The van der Waals surface area contributed by atoms with Gasteiger partial charge in [-0.2, -0.15) is 0 Å². The van der Waals surface area contributed by atoms with Gasteiger partial charge in [-0.15, -0.1) is 0 Å². The Morgan fingerprint density at radius 1 is 1.29 bits per heavy atom. The first-order valence-corrected chi connectivity index (χ1v) is 9.63. The van der Waals surface area contributed by atoms with Gasteiger partial charge < -0.3 is 10.2 Å². The first-order valence-electron chi connectivity index (χ1n) is 8.87. The molecule has 1 N–H and O–H groups in total. The molecule has 0 radical (unpaired) electrons. The Bertz CT molecular complexity index is 877. The van der Waals surface area contributed by atoms with Crippen molar-refractivity contribution in [3.05, 3.63) is 40.3 Å². The van der Waals surface area contributed by atoms with E-state index in [-0.39, 0.29) is 30.5 Å². The Labute approximate surface area is 172 Å². The third-order valence-electron chi connectivity index (χ3n) is 4.38. The van der Waals surface area contributed by atoms with Gasteiger partial charge in [0, 0.05) is 0 Å². The maximum Gasteiger partial charge on any atom is 0.327 e. The van der Waals surface area contributed by atoms with E-state index >= 15 is 0 Å². The van der Waals surface area contributed by atoms with Crippen LogP contribution in [0.25, 0.3) is 0 Å². The predicted octanol–water partition coefficient (Wildman–Crippen LogP) is 3.54. The molecule has 10 heteroatoms. The Hall–Kier alpha value is -2.45. The minimum atomic E-state index is -0.331.